The Morgan fingerprint density at radius 2 is 2.15 bits per heavy atom. The molecule has 8 nitrogen and oxygen atoms in total. The number of fused-ring (bicyclic) bond motifs is 2. The van der Waals surface area contributed by atoms with E-state index in [2.05, 4.69) is 15.3 Å². The maximum Gasteiger partial charge on any atom is 0.264 e. The van der Waals surface area contributed by atoms with Gasteiger partial charge in [0.1, 0.15) is 11.4 Å². The second kappa shape index (κ2) is 7.63. The van der Waals surface area contributed by atoms with Gasteiger partial charge in [-0.15, -0.1) is 0 Å². The van der Waals surface area contributed by atoms with Crippen LogP contribution in [0.4, 0.5) is 0 Å². The van der Waals surface area contributed by atoms with Crippen molar-refractivity contribution in [3.63, 3.8) is 0 Å². The molecule has 1 aromatic heterocycles. The van der Waals surface area contributed by atoms with E-state index in [1.54, 1.807) is 6.92 Å². The minimum atomic E-state index is -0.713. The molecule has 1 saturated heterocycles. The number of aromatic nitrogens is 2. The van der Waals surface area contributed by atoms with Crippen molar-refractivity contribution >= 4 is 23.6 Å². The minimum absolute atomic E-state index is 0.00772. The van der Waals surface area contributed by atoms with Crippen LogP contribution in [-0.4, -0.2) is 68.5 Å². The van der Waals surface area contributed by atoms with E-state index < -0.39 is 23.6 Å². The van der Waals surface area contributed by atoms with Gasteiger partial charge < -0.3 is 20.3 Å². The van der Waals surface area contributed by atoms with Gasteiger partial charge in [-0.1, -0.05) is 13.8 Å². The fraction of sp³-hybridized carbons (Fsp3) is 0.667. The van der Waals surface area contributed by atoms with Crippen LogP contribution in [0.5, 0.6) is 0 Å². The van der Waals surface area contributed by atoms with E-state index in [9.17, 15) is 19.5 Å². The number of hydrogen-bond acceptors (Lipinski definition) is 6. The Labute approximate surface area is 162 Å². The van der Waals surface area contributed by atoms with Crippen molar-refractivity contribution in [1.82, 2.24) is 20.2 Å². The van der Waals surface area contributed by atoms with Crippen LogP contribution < -0.4 is 10.9 Å². The summed E-state index contributed by atoms with van der Waals surface area (Å²) < 4.78 is 0. The normalized spacial score (nSPS) is 26.7. The molecule has 9 heteroatoms. The van der Waals surface area contributed by atoms with Crippen LogP contribution >= 0.6 is 11.8 Å². The van der Waals surface area contributed by atoms with Gasteiger partial charge in [0.2, 0.25) is 5.91 Å². The molecular formula is C18H26N4O4S. The molecule has 0 radical (unpaired) electrons. The highest BCUT2D eigenvalue weighted by Crippen LogP contribution is 2.39. The summed E-state index contributed by atoms with van der Waals surface area (Å²) in [5.41, 5.74) is -0.0718. The Hall–Kier alpha value is -1.87. The number of piperidine rings is 1. The Morgan fingerprint density at radius 1 is 1.44 bits per heavy atom. The van der Waals surface area contributed by atoms with Crippen LogP contribution in [0, 0.1) is 12.8 Å². The lowest BCUT2D eigenvalue weighted by atomic mass is 10.1. The number of likely N-dealkylation sites (tertiary alicyclic amines) is 1. The number of carbonyl (C=O) groups is 2. The molecule has 2 amide bonds. The lowest BCUT2D eigenvalue weighted by Crippen LogP contribution is -2.51. The van der Waals surface area contributed by atoms with Crippen LogP contribution in [0.25, 0.3) is 0 Å². The number of thioether (sulfide) groups is 1. The number of aliphatic hydroxyl groups excluding tert-OH is 1. The van der Waals surface area contributed by atoms with Crippen LogP contribution in [-0.2, 0) is 4.79 Å². The van der Waals surface area contributed by atoms with E-state index in [1.807, 2.05) is 20.1 Å². The van der Waals surface area contributed by atoms with E-state index in [0.29, 0.717) is 30.2 Å². The Bertz CT molecular complexity index is 809. The predicted molar refractivity (Wildman–Crippen MR) is 103 cm³/mol. The summed E-state index contributed by atoms with van der Waals surface area (Å²) in [6, 6.07) is -0.803. The molecule has 148 valence electrons. The number of nitrogens with zero attached hydrogens (tertiary/aromatic N) is 2. The largest absolute Gasteiger partial charge is 0.391 e. The molecule has 3 N–H and O–H groups in total. The van der Waals surface area contributed by atoms with E-state index in [4.69, 9.17) is 0 Å². The number of rotatable bonds is 5. The number of aryl methyl sites for hydroxylation is 1. The van der Waals surface area contributed by atoms with Crippen LogP contribution in [0.1, 0.15) is 48.1 Å². The molecule has 4 atom stereocenters. The smallest absolute Gasteiger partial charge is 0.264 e. The average molecular weight is 394 g/mol. The van der Waals surface area contributed by atoms with E-state index in [1.165, 1.54) is 16.7 Å². The number of hydrogen-bond donors (Lipinski definition) is 3. The first-order chi connectivity index (χ1) is 12.7. The van der Waals surface area contributed by atoms with Gasteiger partial charge in [-0.05, 0) is 19.6 Å². The monoisotopic (exact) mass is 394 g/mol. The Balaban J connectivity index is 1.86. The second-order valence-corrected chi connectivity index (χ2v) is 8.47. The second-order valence-electron chi connectivity index (χ2n) is 7.60. The van der Waals surface area contributed by atoms with Crippen molar-refractivity contribution < 1.29 is 14.7 Å². The SMILES string of the molecule is CSCC(=O)N[C@@H]1[C@@H]2C[C@H](O)[C@H]1N(C(=O)c1c(C)nc(C(C)C)[nH]c1=O)C2. The zero-order valence-corrected chi connectivity index (χ0v) is 16.8. The van der Waals surface area contributed by atoms with Gasteiger partial charge in [0.15, 0.2) is 0 Å². The number of amides is 2. The average Bonchev–Trinajstić information content (AvgIpc) is 3.06. The molecule has 27 heavy (non-hydrogen) atoms. The van der Waals surface area contributed by atoms with E-state index in [0.717, 1.165) is 0 Å². The van der Waals surface area contributed by atoms with Gasteiger partial charge in [0, 0.05) is 18.4 Å². The Morgan fingerprint density at radius 3 is 2.74 bits per heavy atom. The predicted octanol–water partition coefficient (Wildman–Crippen LogP) is 0.255. The minimum Gasteiger partial charge on any atom is -0.391 e. The summed E-state index contributed by atoms with van der Waals surface area (Å²) in [4.78, 5) is 46.2. The molecule has 1 aromatic rings. The standard InChI is InChI=1S/C18H26N4O4S/c1-8(2)16-19-9(3)13(17(25)21-16)18(26)22-6-10-5-11(23)15(22)14(10)20-12(24)7-27-4/h8,10-11,14-15,23H,5-7H2,1-4H3,(H,20,24)(H,19,21,25)/t10-,11+,14-,15-/m1/s1. The number of nitrogens with one attached hydrogen (secondary N) is 2. The molecule has 2 bridgehead atoms. The molecule has 2 fully saturated rings. The van der Waals surface area contributed by atoms with Crippen LogP contribution in [0.15, 0.2) is 4.79 Å². The van der Waals surface area contributed by atoms with E-state index in [-0.39, 0.29) is 29.3 Å². The van der Waals surface area contributed by atoms with Crippen LogP contribution in [0.3, 0.4) is 0 Å². The van der Waals surface area contributed by atoms with Crippen molar-refractivity contribution in [1.29, 1.82) is 0 Å². The maximum atomic E-state index is 13.1. The van der Waals surface area contributed by atoms with Gasteiger partial charge in [0.05, 0.1) is 29.6 Å². The molecule has 0 unspecified atom stereocenters. The van der Waals surface area contributed by atoms with Gasteiger partial charge >= 0.3 is 0 Å². The molecule has 2 aliphatic rings. The Kier molecular flexibility index (Phi) is 5.62. The fourth-order valence-corrected chi connectivity index (χ4v) is 4.48. The summed E-state index contributed by atoms with van der Waals surface area (Å²) >= 11 is 1.42. The highest BCUT2D eigenvalue weighted by molar-refractivity contribution is 7.99. The third-order valence-electron chi connectivity index (χ3n) is 5.35. The number of H-pyrrole nitrogens is 1. The summed E-state index contributed by atoms with van der Waals surface area (Å²) in [5, 5.41) is 13.3. The first kappa shape index (κ1) is 19.9. The van der Waals surface area contributed by atoms with Gasteiger partial charge in [0.25, 0.3) is 11.5 Å². The van der Waals surface area contributed by atoms with Crippen molar-refractivity contribution in [2.75, 3.05) is 18.6 Å². The summed E-state index contributed by atoms with van der Waals surface area (Å²) in [7, 11) is 0. The van der Waals surface area contributed by atoms with Crippen molar-refractivity contribution in [3.8, 4) is 0 Å². The first-order valence-electron chi connectivity index (χ1n) is 9.12. The highest BCUT2D eigenvalue weighted by atomic mass is 32.2. The molecule has 0 aromatic carbocycles. The zero-order valence-electron chi connectivity index (χ0n) is 16.0. The molecule has 1 aliphatic carbocycles. The van der Waals surface area contributed by atoms with Crippen LogP contribution in [0.2, 0.25) is 0 Å². The highest BCUT2D eigenvalue weighted by Gasteiger charge is 2.54. The third-order valence-corrected chi connectivity index (χ3v) is 5.90. The molecular weight excluding hydrogens is 368 g/mol. The lowest BCUT2D eigenvalue weighted by molar-refractivity contribution is -0.119. The molecule has 1 aliphatic heterocycles. The van der Waals surface area contributed by atoms with Gasteiger partial charge in [-0.2, -0.15) is 11.8 Å². The lowest BCUT2D eigenvalue weighted by Gasteiger charge is -2.31. The number of carbonyl (C=O) groups excluding carboxylic acids is 2. The number of aliphatic hydroxyl groups is 1. The van der Waals surface area contributed by atoms with Crippen molar-refractivity contribution in [3.05, 3.63) is 27.4 Å². The molecule has 3 rings (SSSR count). The molecule has 2 heterocycles. The van der Waals surface area contributed by atoms with E-state index >= 15 is 0 Å². The quantitative estimate of drug-likeness (QED) is 0.660. The maximum absolute atomic E-state index is 13.1. The summed E-state index contributed by atoms with van der Waals surface area (Å²) in [5.74, 6) is 0.358. The topological polar surface area (TPSA) is 115 Å². The summed E-state index contributed by atoms with van der Waals surface area (Å²) in [6.07, 6.45) is 1.67. The first-order valence-corrected chi connectivity index (χ1v) is 10.5. The van der Waals surface area contributed by atoms with Gasteiger partial charge in [-0.25, -0.2) is 4.98 Å². The summed E-state index contributed by atoms with van der Waals surface area (Å²) in [6.45, 7) is 5.89. The third kappa shape index (κ3) is 3.62. The van der Waals surface area contributed by atoms with Crippen molar-refractivity contribution in [2.45, 2.75) is 51.3 Å². The molecule has 1 saturated carbocycles. The van der Waals surface area contributed by atoms with Gasteiger partial charge in [-0.3, -0.25) is 14.4 Å². The zero-order chi connectivity index (χ0) is 19.9. The molecule has 0 spiro atoms. The number of aromatic amines is 1. The fourth-order valence-electron chi connectivity index (χ4n) is 4.14. The van der Waals surface area contributed by atoms with Crippen molar-refractivity contribution in [2.24, 2.45) is 5.92 Å².